The molecule has 5 N–H and O–H groups in total. The van der Waals surface area contributed by atoms with E-state index < -0.39 is 45.1 Å². The van der Waals surface area contributed by atoms with Gasteiger partial charge < -0.3 is 21.1 Å². The summed E-state index contributed by atoms with van der Waals surface area (Å²) in [7, 11) is -2.25. The summed E-state index contributed by atoms with van der Waals surface area (Å²) in [5.74, 6) is -1.64. The molecule has 1 fully saturated rings. The van der Waals surface area contributed by atoms with Crippen molar-refractivity contribution in [1.29, 1.82) is 0 Å². The minimum absolute atomic E-state index is 0.0337. The van der Waals surface area contributed by atoms with E-state index in [2.05, 4.69) is 10.6 Å². The first-order chi connectivity index (χ1) is 20.0. The number of ether oxygens (including phenoxy) is 1. The number of primary amides is 1. The summed E-state index contributed by atoms with van der Waals surface area (Å²) in [6, 6.07) is 20.4. The number of carbonyl (C=O) groups excluding carboxylic acids is 4. The Morgan fingerprint density at radius 3 is 2.05 bits per heavy atom. The fourth-order valence-corrected chi connectivity index (χ4v) is 6.11. The van der Waals surface area contributed by atoms with E-state index in [1.807, 2.05) is 35.1 Å². The summed E-state index contributed by atoms with van der Waals surface area (Å²) in [5, 5.41) is 4.44. The highest BCUT2D eigenvalue weighted by atomic mass is 32.2. The molecule has 1 heterocycles. The topological polar surface area (TPSA) is 174 Å². The van der Waals surface area contributed by atoms with E-state index in [4.69, 9.17) is 10.5 Å². The molecule has 3 atom stereocenters. The number of nitrogens with one attached hydrogen (secondary N) is 3. The molecule has 220 valence electrons. The van der Waals surface area contributed by atoms with Crippen molar-refractivity contribution in [2.24, 2.45) is 5.73 Å². The standard InChI is InChI=1S/C30H32N4O7S/c1-41-23-13-9-21(10-14-23)17-27(35)32-25(16-19-5-3-2-4-6-19)30(38)33-24(29(31)37)15-20-7-11-22(12-8-20)26-18-28(36)34-42(26,39)40/h2-14,24-26H,15-18H2,1H3,(H2,31,37)(H,32,35)(H,33,38)(H,34,36)/t24?,25-,26-/m0/s1. The maximum absolute atomic E-state index is 13.4. The van der Waals surface area contributed by atoms with E-state index in [1.54, 1.807) is 55.6 Å². The number of rotatable bonds is 12. The molecule has 1 aliphatic rings. The summed E-state index contributed by atoms with van der Waals surface area (Å²) in [4.78, 5) is 50.2. The molecule has 0 spiro atoms. The van der Waals surface area contributed by atoms with Crippen LogP contribution in [-0.4, -0.2) is 51.2 Å². The van der Waals surface area contributed by atoms with Crippen LogP contribution in [0.3, 0.4) is 0 Å². The van der Waals surface area contributed by atoms with Crippen molar-refractivity contribution >= 4 is 33.7 Å². The fraction of sp³-hybridized carbons (Fsp3) is 0.267. The number of hydrogen-bond donors (Lipinski definition) is 4. The van der Waals surface area contributed by atoms with Gasteiger partial charge >= 0.3 is 0 Å². The van der Waals surface area contributed by atoms with Crippen LogP contribution in [-0.2, 0) is 48.5 Å². The van der Waals surface area contributed by atoms with Gasteiger partial charge in [-0.3, -0.25) is 23.9 Å². The highest BCUT2D eigenvalue weighted by Crippen LogP contribution is 2.30. The van der Waals surface area contributed by atoms with Crippen LogP contribution in [0.5, 0.6) is 5.75 Å². The molecule has 0 aliphatic carbocycles. The van der Waals surface area contributed by atoms with Gasteiger partial charge in [-0.15, -0.1) is 0 Å². The Balaban J connectivity index is 1.45. The highest BCUT2D eigenvalue weighted by molar-refractivity contribution is 7.90. The number of methoxy groups -OCH3 is 1. The van der Waals surface area contributed by atoms with E-state index in [-0.39, 0.29) is 31.6 Å². The average molecular weight is 593 g/mol. The number of sulfonamides is 1. The maximum atomic E-state index is 13.4. The molecule has 1 unspecified atom stereocenters. The maximum Gasteiger partial charge on any atom is 0.243 e. The molecule has 1 aliphatic heterocycles. The molecule has 42 heavy (non-hydrogen) atoms. The third kappa shape index (κ3) is 7.94. The van der Waals surface area contributed by atoms with Crippen LogP contribution in [0.2, 0.25) is 0 Å². The fourth-order valence-electron chi connectivity index (χ4n) is 4.68. The molecular formula is C30H32N4O7S. The summed E-state index contributed by atoms with van der Waals surface area (Å²) in [6.07, 6.45) is 0.0816. The monoisotopic (exact) mass is 592 g/mol. The van der Waals surface area contributed by atoms with Gasteiger partial charge in [0.25, 0.3) is 0 Å². The zero-order valence-electron chi connectivity index (χ0n) is 22.9. The molecule has 0 radical (unpaired) electrons. The summed E-state index contributed by atoms with van der Waals surface area (Å²) < 4.78 is 31.5. The third-order valence-corrected chi connectivity index (χ3v) is 8.61. The first kappa shape index (κ1) is 30.3. The summed E-state index contributed by atoms with van der Waals surface area (Å²) >= 11 is 0. The second-order valence-electron chi connectivity index (χ2n) is 10.0. The van der Waals surface area contributed by atoms with Gasteiger partial charge in [0.2, 0.25) is 33.7 Å². The van der Waals surface area contributed by atoms with Crippen molar-refractivity contribution in [2.45, 2.75) is 43.0 Å². The quantitative estimate of drug-likeness (QED) is 0.243. The zero-order chi connectivity index (χ0) is 30.3. The Hall–Kier alpha value is -4.71. The van der Waals surface area contributed by atoms with Crippen LogP contribution in [0.15, 0.2) is 78.9 Å². The molecule has 11 nitrogen and oxygen atoms in total. The van der Waals surface area contributed by atoms with Crippen LogP contribution < -0.4 is 25.8 Å². The largest absolute Gasteiger partial charge is 0.497 e. The first-order valence-electron chi connectivity index (χ1n) is 13.2. The third-order valence-electron chi connectivity index (χ3n) is 6.91. The highest BCUT2D eigenvalue weighted by Gasteiger charge is 2.37. The van der Waals surface area contributed by atoms with Crippen LogP contribution in [0.4, 0.5) is 0 Å². The zero-order valence-corrected chi connectivity index (χ0v) is 23.7. The van der Waals surface area contributed by atoms with E-state index in [1.165, 1.54) is 0 Å². The van der Waals surface area contributed by atoms with Crippen molar-refractivity contribution < 1.29 is 32.3 Å². The predicted octanol–water partition coefficient (Wildman–Crippen LogP) is 1.07. The Kier molecular flexibility index (Phi) is 9.58. The molecule has 0 aromatic heterocycles. The van der Waals surface area contributed by atoms with Crippen molar-refractivity contribution in [3.8, 4) is 5.75 Å². The average Bonchev–Trinajstić information content (AvgIpc) is 3.24. The molecule has 4 rings (SSSR count). The van der Waals surface area contributed by atoms with Crippen LogP contribution in [0.25, 0.3) is 0 Å². The van der Waals surface area contributed by atoms with E-state index >= 15 is 0 Å². The van der Waals surface area contributed by atoms with Crippen molar-refractivity contribution in [3.63, 3.8) is 0 Å². The lowest BCUT2D eigenvalue weighted by atomic mass is 10.0. The lowest BCUT2D eigenvalue weighted by Gasteiger charge is -2.22. The normalized spacial score (nSPS) is 17.0. The molecule has 12 heteroatoms. The minimum Gasteiger partial charge on any atom is -0.497 e. The van der Waals surface area contributed by atoms with Crippen molar-refractivity contribution in [1.82, 2.24) is 15.4 Å². The molecule has 0 saturated carbocycles. The van der Waals surface area contributed by atoms with Crippen LogP contribution >= 0.6 is 0 Å². The van der Waals surface area contributed by atoms with Crippen LogP contribution in [0, 0.1) is 0 Å². The predicted molar refractivity (Wildman–Crippen MR) is 154 cm³/mol. The van der Waals surface area contributed by atoms with Gasteiger partial charge in [-0.1, -0.05) is 66.7 Å². The van der Waals surface area contributed by atoms with Gasteiger partial charge in [0.05, 0.1) is 20.0 Å². The molecule has 3 aromatic carbocycles. The van der Waals surface area contributed by atoms with Crippen LogP contribution in [0.1, 0.15) is 33.9 Å². The lowest BCUT2D eigenvalue weighted by molar-refractivity contribution is -0.131. The number of hydrogen-bond acceptors (Lipinski definition) is 7. The second kappa shape index (κ2) is 13.3. The summed E-state index contributed by atoms with van der Waals surface area (Å²) in [5.41, 5.74) is 8.20. The molecular weight excluding hydrogens is 560 g/mol. The molecule has 0 bridgehead atoms. The van der Waals surface area contributed by atoms with Gasteiger partial charge in [0, 0.05) is 12.8 Å². The number of benzene rings is 3. The Bertz CT molecular complexity index is 1540. The molecule has 1 saturated heterocycles. The van der Waals surface area contributed by atoms with Gasteiger partial charge in [-0.25, -0.2) is 8.42 Å². The van der Waals surface area contributed by atoms with E-state index in [0.717, 1.165) is 11.1 Å². The summed E-state index contributed by atoms with van der Waals surface area (Å²) in [6.45, 7) is 0. The van der Waals surface area contributed by atoms with Gasteiger partial charge in [0.1, 0.15) is 23.1 Å². The Morgan fingerprint density at radius 2 is 1.48 bits per heavy atom. The number of nitrogens with two attached hydrogens (primary N) is 1. The lowest BCUT2D eigenvalue weighted by Crippen LogP contribution is -2.54. The van der Waals surface area contributed by atoms with E-state index in [0.29, 0.717) is 16.9 Å². The second-order valence-corrected chi connectivity index (χ2v) is 11.9. The minimum atomic E-state index is -3.79. The van der Waals surface area contributed by atoms with Crippen molar-refractivity contribution in [3.05, 3.63) is 101 Å². The molecule has 3 aromatic rings. The number of carbonyl (C=O) groups is 4. The van der Waals surface area contributed by atoms with Gasteiger partial charge in [0.15, 0.2) is 0 Å². The molecule has 4 amide bonds. The Labute approximate surface area is 243 Å². The van der Waals surface area contributed by atoms with Gasteiger partial charge in [-0.05, 0) is 34.4 Å². The van der Waals surface area contributed by atoms with Crippen molar-refractivity contribution in [2.75, 3.05) is 7.11 Å². The smallest absolute Gasteiger partial charge is 0.243 e. The van der Waals surface area contributed by atoms with Gasteiger partial charge in [-0.2, -0.15) is 0 Å². The number of amides is 4. The SMILES string of the molecule is COc1ccc(CC(=O)N[C@@H](Cc2ccccc2)C(=O)NC(Cc2ccc([C@@H]3CC(=O)NS3(=O)=O)cc2)C(N)=O)cc1. The Morgan fingerprint density at radius 1 is 0.881 bits per heavy atom. The first-order valence-corrected chi connectivity index (χ1v) is 14.8. The van der Waals surface area contributed by atoms with E-state index in [9.17, 15) is 27.6 Å².